The first-order valence-corrected chi connectivity index (χ1v) is 9.61. The molecular formula is C22H26O7. The molecule has 156 valence electrons. The molecule has 0 saturated carbocycles. The predicted molar refractivity (Wildman–Crippen MR) is 104 cm³/mol. The van der Waals surface area contributed by atoms with E-state index in [0.717, 1.165) is 5.56 Å². The molecule has 0 amide bonds. The average Bonchev–Trinajstić information content (AvgIpc) is 3.29. The van der Waals surface area contributed by atoms with Gasteiger partial charge in [0.15, 0.2) is 11.5 Å². The summed E-state index contributed by atoms with van der Waals surface area (Å²) in [5.74, 6) is 2.37. The molecule has 7 heteroatoms. The van der Waals surface area contributed by atoms with E-state index < -0.39 is 11.5 Å². The number of ether oxygens (including phenoxy) is 6. The van der Waals surface area contributed by atoms with Crippen molar-refractivity contribution in [2.45, 2.75) is 37.9 Å². The van der Waals surface area contributed by atoms with Gasteiger partial charge in [-0.2, -0.15) is 0 Å². The van der Waals surface area contributed by atoms with Crippen molar-refractivity contribution in [2.75, 3.05) is 28.1 Å². The van der Waals surface area contributed by atoms with Crippen LogP contribution in [0.4, 0.5) is 0 Å². The van der Waals surface area contributed by atoms with Gasteiger partial charge in [0.05, 0.1) is 14.2 Å². The van der Waals surface area contributed by atoms with E-state index in [-0.39, 0.29) is 30.4 Å². The van der Waals surface area contributed by atoms with Crippen molar-refractivity contribution >= 4 is 5.78 Å². The summed E-state index contributed by atoms with van der Waals surface area (Å²) in [5, 5.41) is 0. The molecule has 1 saturated heterocycles. The third-order valence-electron chi connectivity index (χ3n) is 6.13. The lowest BCUT2D eigenvalue weighted by Gasteiger charge is -2.39. The van der Waals surface area contributed by atoms with E-state index in [4.69, 9.17) is 28.4 Å². The van der Waals surface area contributed by atoms with Gasteiger partial charge < -0.3 is 28.4 Å². The number of hydrogen-bond donors (Lipinski definition) is 0. The predicted octanol–water partition coefficient (Wildman–Crippen LogP) is 3.33. The number of methoxy groups -OCH3 is 3. The van der Waals surface area contributed by atoms with E-state index >= 15 is 0 Å². The number of benzene rings is 1. The Hall–Kier alpha value is -2.67. The quantitative estimate of drug-likeness (QED) is 0.676. The van der Waals surface area contributed by atoms with E-state index in [1.165, 1.54) is 7.11 Å². The van der Waals surface area contributed by atoms with Crippen LogP contribution in [0.5, 0.6) is 17.2 Å². The number of rotatable bonds is 6. The van der Waals surface area contributed by atoms with Gasteiger partial charge in [0.1, 0.15) is 18.0 Å². The highest BCUT2D eigenvalue weighted by molar-refractivity contribution is 5.99. The maximum absolute atomic E-state index is 12.8. The van der Waals surface area contributed by atoms with Crippen molar-refractivity contribution < 1.29 is 33.2 Å². The van der Waals surface area contributed by atoms with Crippen LogP contribution in [0.1, 0.15) is 31.2 Å². The number of ketones is 1. The molecule has 7 nitrogen and oxygen atoms in total. The lowest BCUT2D eigenvalue weighted by atomic mass is 9.63. The van der Waals surface area contributed by atoms with E-state index in [1.807, 2.05) is 25.1 Å². The highest BCUT2D eigenvalue weighted by Gasteiger charge is 2.59. The van der Waals surface area contributed by atoms with E-state index in [9.17, 15) is 4.79 Å². The van der Waals surface area contributed by atoms with E-state index in [0.29, 0.717) is 35.8 Å². The molecule has 4 rings (SSSR count). The molecule has 4 atom stereocenters. The van der Waals surface area contributed by atoms with Crippen molar-refractivity contribution in [3.8, 4) is 17.2 Å². The van der Waals surface area contributed by atoms with Crippen molar-refractivity contribution in [3.05, 3.63) is 41.9 Å². The molecule has 1 aliphatic carbocycles. The van der Waals surface area contributed by atoms with Gasteiger partial charge in [0, 0.05) is 18.4 Å². The van der Waals surface area contributed by atoms with Gasteiger partial charge in [-0.3, -0.25) is 4.79 Å². The summed E-state index contributed by atoms with van der Waals surface area (Å²) in [6.45, 7) is 6.11. The standard InChI is InChI=1S/C22H26O7/c1-6-7-22-10-16(25-4)18(23)20(26-5)21(22)29-12(2)17(22)13-8-14(24-3)19-15(9-13)27-11-28-19/h6,8-9,12,16-17H,1,7,10-11H2,2-5H3/t12-,16?,17+,22+/m1/s1. The molecule has 0 bridgehead atoms. The SMILES string of the molecule is C=CC[C@@]12CC(OC)C(=O)C(OC)=C1O[C@H](C)[C@H]2c1cc(OC)c2c(c1)OCO2. The second kappa shape index (κ2) is 7.30. The zero-order valence-corrected chi connectivity index (χ0v) is 17.2. The van der Waals surface area contributed by atoms with Crippen LogP contribution in [-0.2, 0) is 19.0 Å². The summed E-state index contributed by atoms with van der Waals surface area (Å²) in [6.07, 6.45) is 2.12. The summed E-state index contributed by atoms with van der Waals surface area (Å²) in [4.78, 5) is 12.8. The van der Waals surface area contributed by atoms with Gasteiger partial charge in [-0.1, -0.05) is 6.08 Å². The molecule has 0 aromatic heterocycles. The van der Waals surface area contributed by atoms with Crippen molar-refractivity contribution in [1.29, 1.82) is 0 Å². The van der Waals surface area contributed by atoms with Crippen LogP contribution in [0.2, 0.25) is 0 Å². The van der Waals surface area contributed by atoms with Crippen LogP contribution in [-0.4, -0.2) is 46.1 Å². The van der Waals surface area contributed by atoms with Crippen molar-refractivity contribution in [3.63, 3.8) is 0 Å². The minimum absolute atomic E-state index is 0.0881. The number of Topliss-reactive ketones (excluding diaryl/α,β-unsaturated/α-hetero) is 1. The molecule has 1 unspecified atom stereocenters. The second-order valence-electron chi connectivity index (χ2n) is 7.56. The van der Waals surface area contributed by atoms with Gasteiger partial charge in [-0.05, 0) is 37.5 Å². The van der Waals surface area contributed by atoms with E-state index in [2.05, 4.69) is 6.58 Å². The van der Waals surface area contributed by atoms with Crippen molar-refractivity contribution in [1.82, 2.24) is 0 Å². The van der Waals surface area contributed by atoms with Crippen LogP contribution >= 0.6 is 0 Å². The molecular weight excluding hydrogens is 376 g/mol. The number of allylic oxidation sites excluding steroid dienone is 2. The zero-order valence-electron chi connectivity index (χ0n) is 17.2. The zero-order chi connectivity index (χ0) is 20.8. The van der Waals surface area contributed by atoms with E-state index in [1.54, 1.807) is 14.2 Å². The highest BCUT2D eigenvalue weighted by Crippen LogP contribution is 2.61. The van der Waals surface area contributed by atoms with Crippen LogP contribution in [0.15, 0.2) is 36.3 Å². The topological polar surface area (TPSA) is 72.5 Å². The maximum Gasteiger partial charge on any atom is 0.231 e. The minimum Gasteiger partial charge on any atom is -0.493 e. The monoisotopic (exact) mass is 402 g/mol. The summed E-state index contributed by atoms with van der Waals surface area (Å²) in [7, 11) is 4.63. The lowest BCUT2D eigenvalue weighted by Crippen LogP contribution is -2.42. The Labute approximate surface area is 170 Å². The third kappa shape index (κ3) is 2.79. The number of carbonyl (C=O) groups is 1. The Morgan fingerprint density at radius 3 is 2.69 bits per heavy atom. The van der Waals surface area contributed by atoms with Crippen LogP contribution in [0, 0.1) is 5.41 Å². The van der Waals surface area contributed by atoms with Gasteiger partial charge in [0.25, 0.3) is 0 Å². The van der Waals surface area contributed by atoms with Crippen LogP contribution in [0.25, 0.3) is 0 Å². The molecule has 0 radical (unpaired) electrons. The molecule has 0 spiro atoms. The van der Waals surface area contributed by atoms with Gasteiger partial charge in [0.2, 0.25) is 24.1 Å². The third-order valence-corrected chi connectivity index (χ3v) is 6.13. The number of hydrogen-bond acceptors (Lipinski definition) is 7. The highest BCUT2D eigenvalue weighted by atomic mass is 16.7. The summed E-state index contributed by atoms with van der Waals surface area (Å²) < 4.78 is 34.0. The lowest BCUT2D eigenvalue weighted by molar-refractivity contribution is -0.132. The minimum atomic E-state index is -0.610. The van der Waals surface area contributed by atoms with Crippen LogP contribution in [0.3, 0.4) is 0 Å². The number of carbonyl (C=O) groups excluding carboxylic acids is 1. The molecule has 3 aliphatic rings. The Morgan fingerprint density at radius 1 is 1.24 bits per heavy atom. The summed E-state index contributed by atoms with van der Waals surface area (Å²) >= 11 is 0. The second-order valence-corrected chi connectivity index (χ2v) is 7.56. The molecule has 29 heavy (non-hydrogen) atoms. The fraction of sp³-hybridized carbons (Fsp3) is 0.500. The van der Waals surface area contributed by atoms with Crippen molar-refractivity contribution in [2.24, 2.45) is 5.41 Å². The summed E-state index contributed by atoms with van der Waals surface area (Å²) in [5.41, 5.74) is 0.454. The Kier molecular flexibility index (Phi) is 4.94. The molecule has 2 heterocycles. The Bertz CT molecular complexity index is 874. The first-order chi connectivity index (χ1) is 14.0. The first kappa shape index (κ1) is 19.6. The number of fused-ring (bicyclic) bond motifs is 2. The fourth-order valence-corrected chi connectivity index (χ4v) is 5.01. The Balaban J connectivity index is 1.91. The molecule has 2 aliphatic heterocycles. The first-order valence-electron chi connectivity index (χ1n) is 9.61. The molecule has 1 aromatic carbocycles. The van der Waals surface area contributed by atoms with Gasteiger partial charge in [-0.25, -0.2) is 0 Å². The fourth-order valence-electron chi connectivity index (χ4n) is 5.01. The normalized spacial score (nSPS) is 30.1. The Morgan fingerprint density at radius 2 is 2.03 bits per heavy atom. The largest absolute Gasteiger partial charge is 0.493 e. The van der Waals surface area contributed by atoms with Gasteiger partial charge >= 0.3 is 0 Å². The maximum atomic E-state index is 12.8. The summed E-state index contributed by atoms with van der Waals surface area (Å²) in [6, 6.07) is 3.92. The molecule has 1 fully saturated rings. The average molecular weight is 402 g/mol. The smallest absolute Gasteiger partial charge is 0.231 e. The van der Waals surface area contributed by atoms with Gasteiger partial charge in [-0.15, -0.1) is 6.58 Å². The molecule has 1 aromatic rings. The van der Waals surface area contributed by atoms with Crippen LogP contribution < -0.4 is 14.2 Å². The molecule has 0 N–H and O–H groups in total.